The monoisotopic (exact) mass is 688 g/mol. The molecule has 3 aromatic rings. The third kappa shape index (κ3) is 8.51. The lowest BCUT2D eigenvalue weighted by molar-refractivity contribution is -0.192. The molecule has 3 heterocycles. The van der Waals surface area contributed by atoms with Gasteiger partial charge in [0.05, 0.1) is 10.1 Å². The zero-order valence-corrected chi connectivity index (χ0v) is 27.2. The van der Waals surface area contributed by atoms with Crippen LogP contribution in [0.2, 0.25) is 0 Å². The molecule has 0 saturated heterocycles. The molecule has 4 bridgehead atoms. The second-order valence-electron chi connectivity index (χ2n) is 11.7. The number of sulfone groups is 1. The first-order valence-electron chi connectivity index (χ1n) is 15.0. The van der Waals surface area contributed by atoms with Gasteiger partial charge in [-0.3, -0.25) is 14.4 Å². The van der Waals surface area contributed by atoms with E-state index in [9.17, 15) is 36.0 Å². The zero-order valence-electron chi connectivity index (χ0n) is 26.3. The summed E-state index contributed by atoms with van der Waals surface area (Å²) in [5.74, 6) is -3.35. The molecule has 3 amide bonds. The van der Waals surface area contributed by atoms with Gasteiger partial charge in [-0.05, 0) is 79.3 Å². The summed E-state index contributed by atoms with van der Waals surface area (Å²) in [5.41, 5.74) is 4.77. The summed E-state index contributed by atoms with van der Waals surface area (Å²) in [4.78, 5) is 49.4. The van der Waals surface area contributed by atoms with Crippen molar-refractivity contribution in [2.24, 2.45) is 0 Å². The number of aliphatic carboxylic acids is 1. The molecule has 0 radical (unpaired) electrons. The number of carboxylic acids is 1. The Hall–Kier alpha value is -4.92. The molecule has 48 heavy (non-hydrogen) atoms. The fourth-order valence-electron chi connectivity index (χ4n) is 5.18. The number of amides is 3. The minimum absolute atomic E-state index is 0.00663. The lowest BCUT2D eigenvalue weighted by Crippen LogP contribution is -2.35. The Kier molecular flexibility index (Phi) is 10.8. The van der Waals surface area contributed by atoms with Crippen LogP contribution in [0.5, 0.6) is 0 Å². The summed E-state index contributed by atoms with van der Waals surface area (Å²) in [6.45, 7) is 3.71. The topological polar surface area (TPSA) is 162 Å². The second-order valence-corrected chi connectivity index (χ2v) is 14.2. The van der Waals surface area contributed by atoms with Crippen LogP contribution < -0.4 is 16.0 Å². The number of likely N-dealkylation sites (N-methyl/N-ethyl adjacent to an activating group) is 1. The van der Waals surface area contributed by atoms with Crippen LogP contribution in [-0.4, -0.2) is 60.6 Å². The summed E-state index contributed by atoms with van der Waals surface area (Å²) in [6, 6.07) is 17.1. The molecule has 256 valence electrons. The van der Waals surface area contributed by atoms with Crippen molar-refractivity contribution in [3.05, 3.63) is 88.5 Å². The molecule has 0 unspecified atom stereocenters. The highest BCUT2D eigenvalue weighted by Crippen LogP contribution is 2.29. The maximum atomic E-state index is 14.0. The van der Waals surface area contributed by atoms with E-state index in [1.54, 1.807) is 39.1 Å². The minimum Gasteiger partial charge on any atom is -0.475 e. The highest BCUT2D eigenvalue weighted by atomic mass is 32.2. The van der Waals surface area contributed by atoms with Crippen molar-refractivity contribution in [3.63, 3.8) is 0 Å². The highest BCUT2D eigenvalue weighted by molar-refractivity contribution is 7.92. The molecule has 3 aromatic carbocycles. The average molecular weight is 689 g/mol. The number of carbonyl (C=O) groups is 4. The first-order chi connectivity index (χ1) is 22.5. The normalized spacial score (nSPS) is 16.9. The average Bonchev–Trinajstić information content (AvgIpc) is 3.39. The fraction of sp³-hybridized carbons (Fsp3) is 0.333. The van der Waals surface area contributed by atoms with Gasteiger partial charge in [0.15, 0.2) is 9.84 Å². The third-order valence-electron chi connectivity index (χ3n) is 7.83. The first-order valence-corrected chi connectivity index (χ1v) is 16.5. The molecule has 0 aliphatic carbocycles. The van der Waals surface area contributed by atoms with Crippen molar-refractivity contribution >= 4 is 44.9 Å². The van der Waals surface area contributed by atoms with Crippen LogP contribution in [0.15, 0.2) is 65.6 Å². The molecule has 15 heteroatoms. The van der Waals surface area contributed by atoms with Gasteiger partial charge in [0.2, 0.25) is 11.8 Å². The second kappa shape index (κ2) is 14.5. The Bertz CT molecular complexity index is 1830. The standard InChI is InChI=1S/C31H34N4O5S.C2HF3O2/c1-19(2)41(39,40)27-14-13-24-15-23(27)18-35(3)31(38)29(34-25-12-11-22-17-32-30(37)26(22)16-25)21-9-7-20(8-10-21)5-4-6-28(36)33-24;3-2(4,5)1(6)7/h7-16,19,29,34H,4-6,17-18H2,1-3H3,(H,32,37)(H,33,36);(H,6,7)/t29-;/m1./s1. The Morgan fingerprint density at radius 3 is 2.27 bits per heavy atom. The predicted octanol–water partition coefficient (Wildman–Crippen LogP) is 4.83. The van der Waals surface area contributed by atoms with E-state index in [0.29, 0.717) is 48.3 Å². The number of hydrogen-bond donors (Lipinski definition) is 4. The molecular formula is C33H35F3N4O7S. The lowest BCUT2D eigenvalue weighted by atomic mass is 10.00. The Labute approximate surface area is 275 Å². The van der Waals surface area contributed by atoms with Crippen molar-refractivity contribution in [2.45, 2.75) is 68.6 Å². The van der Waals surface area contributed by atoms with Crippen molar-refractivity contribution in [1.82, 2.24) is 10.2 Å². The largest absolute Gasteiger partial charge is 0.490 e. The van der Waals surface area contributed by atoms with Gasteiger partial charge in [-0.25, -0.2) is 13.2 Å². The van der Waals surface area contributed by atoms with Crippen LogP contribution in [0.3, 0.4) is 0 Å². The van der Waals surface area contributed by atoms with Gasteiger partial charge in [0, 0.05) is 43.5 Å². The van der Waals surface area contributed by atoms with Crippen LogP contribution >= 0.6 is 0 Å². The summed E-state index contributed by atoms with van der Waals surface area (Å²) in [6.07, 6.45) is -3.44. The molecule has 11 nitrogen and oxygen atoms in total. The number of nitrogens with one attached hydrogen (secondary N) is 3. The smallest absolute Gasteiger partial charge is 0.475 e. The Morgan fingerprint density at radius 1 is 0.979 bits per heavy atom. The molecule has 0 spiro atoms. The van der Waals surface area contributed by atoms with E-state index in [4.69, 9.17) is 9.90 Å². The number of alkyl halides is 3. The molecule has 0 fully saturated rings. The first kappa shape index (κ1) is 35.9. The van der Waals surface area contributed by atoms with E-state index in [1.807, 2.05) is 36.4 Å². The van der Waals surface area contributed by atoms with Gasteiger partial charge in [0.25, 0.3) is 5.91 Å². The molecule has 3 aliphatic rings. The predicted molar refractivity (Wildman–Crippen MR) is 171 cm³/mol. The maximum absolute atomic E-state index is 14.0. The molecule has 6 rings (SSSR count). The van der Waals surface area contributed by atoms with Crippen LogP contribution in [0.4, 0.5) is 24.5 Å². The number of nitrogens with zero attached hydrogens (tertiary/aromatic N) is 1. The van der Waals surface area contributed by atoms with Crippen LogP contribution in [0, 0.1) is 0 Å². The van der Waals surface area contributed by atoms with E-state index in [-0.39, 0.29) is 29.2 Å². The number of carboxylic acid groups (broad SMARTS) is 1. The van der Waals surface area contributed by atoms with E-state index >= 15 is 0 Å². The van der Waals surface area contributed by atoms with E-state index in [2.05, 4.69) is 16.0 Å². The maximum Gasteiger partial charge on any atom is 0.490 e. The fourth-order valence-corrected chi connectivity index (χ4v) is 6.43. The Balaban J connectivity index is 0.000000671. The van der Waals surface area contributed by atoms with Crippen LogP contribution in [0.1, 0.15) is 65.3 Å². The van der Waals surface area contributed by atoms with Crippen molar-refractivity contribution in [2.75, 3.05) is 17.7 Å². The zero-order chi connectivity index (χ0) is 35.4. The number of benzene rings is 3. The van der Waals surface area contributed by atoms with Crippen LogP contribution in [-0.2, 0) is 43.7 Å². The molecule has 1 atom stereocenters. The van der Waals surface area contributed by atoms with Crippen LogP contribution in [0.25, 0.3) is 0 Å². The number of fused-ring (bicyclic) bond motifs is 10. The molecule has 4 N–H and O–H groups in total. The van der Waals surface area contributed by atoms with Gasteiger partial charge in [0.1, 0.15) is 6.04 Å². The Morgan fingerprint density at radius 2 is 1.65 bits per heavy atom. The highest BCUT2D eigenvalue weighted by Gasteiger charge is 2.38. The van der Waals surface area contributed by atoms with Gasteiger partial charge in [-0.2, -0.15) is 13.2 Å². The van der Waals surface area contributed by atoms with Gasteiger partial charge >= 0.3 is 12.1 Å². The number of aryl methyl sites for hydroxylation is 1. The number of halogens is 3. The van der Waals surface area contributed by atoms with Gasteiger partial charge < -0.3 is 26.0 Å². The quantitative estimate of drug-likeness (QED) is 0.303. The summed E-state index contributed by atoms with van der Waals surface area (Å²) in [5, 5.41) is 15.5. The number of rotatable bonds is 4. The molecule has 3 aliphatic heterocycles. The van der Waals surface area contributed by atoms with Crippen molar-refractivity contribution in [1.29, 1.82) is 0 Å². The SMILES string of the molecule is CC(C)S(=O)(=O)c1ccc2cc1CN(C)C(=O)[C@H](Nc1ccc3c(c1)C(=O)NC3)c1ccc(cc1)CCCC(=O)N2.O=C(O)C(F)(F)F. The lowest BCUT2D eigenvalue weighted by Gasteiger charge is -2.27. The minimum atomic E-state index is -5.08. The van der Waals surface area contributed by atoms with E-state index in [1.165, 1.54) is 11.0 Å². The molecule has 0 aromatic heterocycles. The van der Waals surface area contributed by atoms with E-state index < -0.39 is 33.3 Å². The van der Waals surface area contributed by atoms with Crippen molar-refractivity contribution in [3.8, 4) is 0 Å². The number of hydrogen-bond acceptors (Lipinski definition) is 7. The van der Waals surface area contributed by atoms with Gasteiger partial charge in [-0.15, -0.1) is 0 Å². The summed E-state index contributed by atoms with van der Waals surface area (Å²) < 4.78 is 58.2. The number of anilines is 2. The summed E-state index contributed by atoms with van der Waals surface area (Å²) in [7, 11) is -2.04. The number of carbonyl (C=O) groups excluding carboxylic acids is 3. The molecular weight excluding hydrogens is 653 g/mol. The summed E-state index contributed by atoms with van der Waals surface area (Å²) >= 11 is 0. The molecule has 0 saturated carbocycles. The van der Waals surface area contributed by atoms with Crippen molar-refractivity contribution < 1.29 is 45.9 Å². The third-order valence-corrected chi connectivity index (χ3v) is 10.1. The van der Waals surface area contributed by atoms with Gasteiger partial charge in [-0.1, -0.05) is 30.3 Å². The van der Waals surface area contributed by atoms with E-state index in [0.717, 1.165) is 16.7 Å².